The highest BCUT2D eigenvalue weighted by molar-refractivity contribution is 4.73. The summed E-state index contributed by atoms with van der Waals surface area (Å²) >= 11 is 0. The average molecular weight is 293 g/mol. The van der Waals surface area contributed by atoms with Crippen LogP contribution in [0.4, 0.5) is 0 Å². The first-order valence-electron chi connectivity index (χ1n) is 10.5. The quantitative estimate of drug-likeness (QED) is 0.430. The normalized spacial score (nSPS) is 32.0. The van der Waals surface area contributed by atoms with E-state index in [0.29, 0.717) is 0 Å². The summed E-state index contributed by atoms with van der Waals surface area (Å²) in [6.45, 7) is 0. The van der Waals surface area contributed by atoms with Gasteiger partial charge in [-0.05, 0) is 11.8 Å². The van der Waals surface area contributed by atoms with Gasteiger partial charge in [-0.3, -0.25) is 0 Å². The maximum absolute atomic E-state index is 1.56. The maximum atomic E-state index is 1.56. The van der Waals surface area contributed by atoms with Crippen LogP contribution in [0.2, 0.25) is 0 Å². The third kappa shape index (κ3) is 7.71. The van der Waals surface area contributed by atoms with E-state index in [4.69, 9.17) is 0 Å². The van der Waals surface area contributed by atoms with E-state index in [1.807, 2.05) is 0 Å². The van der Waals surface area contributed by atoms with Crippen molar-refractivity contribution < 1.29 is 0 Å². The lowest BCUT2D eigenvalue weighted by atomic mass is 9.78. The van der Waals surface area contributed by atoms with Crippen LogP contribution in [0.3, 0.4) is 0 Å². The molecule has 124 valence electrons. The number of rotatable bonds is 0. The Bertz CT molecular complexity index is 208. The zero-order chi connectivity index (χ0) is 14.6. The maximum Gasteiger partial charge on any atom is -0.0386 e. The first-order valence-corrected chi connectivity index (χ1v) is 10.5. The molecule has 0 nitrogen and oxygen atoms in total. The van der Waals surface area contributed by atoms with Gasteiger partial charge in [0, 0.05) is 0 Å². The Morgan fingerprint density at radius 1 is 0.238 bits per heavy atom. The Labute approximate surface area is 134 Å². The zero-order valence-corrected chi connectivity index (χ0v) is 14.6. The Morgan fingerprint density at radius 2 is 0.429 bits per heavy atom. The summed E-state index contributed by atoms with van der Waals surface area (Å²) < 4.78 is 0. The highest BCUT2D eigenvalue weighted by Crippen LogP contribution is 2.34. The first kappa shape index (κ1) is 17.4. The van der Waals surface area contributed by atoms with Crippen molar-refractivity contribution in [1.82, 2.24) is 0 Å². The number of hydrogen-bond donors (Lipinski definition) is 0. The molecule has 2 aliphatic rings. The second kappa shape index (κ2) is 11.6. The molecule has 2 atom stereocenters. The van der Waals surface area contributed by atoms with Gasteiger partial charge in [0.2, 0.25) is 0 Å². The molecule has 2 saturated carbocycles. The van der Waals surface area contributed by atoms with Gasteiger partial charge in [0.1, 0.15) is 0 Å². The van der Waals surface area contributed by atoms with Crippen LogP contribution in [-0.4, -0.2) is 0 Å². The average Bonchev–Trinajstić information content (AvgIpc) is 2.53. The number of fused-ring (bicyclic) bond motifs is 1. The van der Waals surface area contributed by atoms with Crippen molar-refractivity contribution >= 4 is 0 Å². The van der Waals surface area contributed by atoms with Gasteiger partial charge in [-0.1, -0.05) is 122 Å². The fourth-order valence-corrected chi connectivity index (χ4v) is 4.80. The fraction of sp³-hybridized carbons (Fsp3) is 1.00. The van der Waals surface area contributed by atoms with Crippen LogP contribution in [-0.2, 0) is 0 Å². The summed E-state index contributed by atoms with van der Waals surface area (Å²) in [7, 11) is 0. The lowest BCUT2D eigenvalue weighted by molar-refractivity contribution is 0.237. The molecule has 2 unspecified atom stereocenters. The van der Waals surface area contributed by atoms with Gasteiger partial charge in [-0.25, -0.2) is 0 Å². The van der Waals surface area contributed by atoms with E-state index in [2.05, 4.69) is 0 Å². The lowest BCUT2D eigenvalue weighted by Crippen LogP contribution is -2.16. The summed E-state index contributed by atoms with van der Waals surface area (Å²) in [5.74, 6) is 2.17. The molecule has 0 aromatic heterocycles. The van der Waals surface area contributed by atoms with E-state index in [0.717, 1.165) is 11.8 Å². The molecule has 2 fully saturated rings. The van der Waals surface area contributed by atoms with Crippen molar-refractivity contribution in [3.05, 3.63) is 0 Å². The molecule has 0 spiro atoms. The minimum Gasteiger partial charge on any atom is -0.0533 e. The minimum atomic E-state index is 1.09. The van der Waals surface area contributed by atoms with Gasteiger partial charge in [-0.15, -0.1) is 0 Å². The second-order valence-corrected chi connectivity index (χ2v) is 7.98. The van der Waals surface area contributed by atoms with E-state index in [1.54, 1.807) is 25.7 Å². The van der Waals surface area contributed by atoms with Crippen molar-refractivity contribution in [1.29, 1.82) is 0 Å². The Hall–Kier alpha value is 0. The summed E-state index contributed by atoms with van der Waals surface area (Å²) in [4.78, 5) is 0. The highest BCUT2D eigenvalue weighted by Gasteiger charge is 2.21. The first-order chi connectivity index (χ1) is 10.5. The summed E-state index contributed by atoms with van der Waals surface area (Å²) in [6.07, 6.45) is 29.0. The minimum absolute atomic E-state index is 1.09. The predicted octanol–water partition coefficient (Wildman–Crippen LogP) is 7.66. The Morgan fingerprint density at radius 3 is 0.667 bits per heavy atom. The van der Waals surface area contributed by atoms with Crippen LogP contribution in [0.5, 0.6) is 0 Å². The lowest BCUT2D eigenvalue weighted by Gasteiger charge is -2.28. The summed E-state index contributed by atoms with van der Waals surface area (Å²) in [5, 5.41) is 0. The molecule has 2 rings (SSSR count). The van der Waals surface area contributed by atoms with Crippen molar-refractivity contribution in [2.45, 2.75) is 122 Å². The zero-order valence-electron chi connectivity index (χ0n) is 14.6. The van der Waals surface area contributed by atoms with E-state index in [1.165, 1.54) is 96.3 Å². The van der Waals surface area contributed by atoms with Gasteiger partial charge in [0.25, 0.3) is 0 Å². The molecule has 0 heteroatoms. The van der Waals surface area contributed by atoms with Gasteiger partial charge in [0.15, 0.2) is 0 Å². The molecule has 0 N–H and O–H groups in total. The van der Waals surface area contributed by atoms with Crippen LogP contribution >= 0.6 is 0 Å². The highest BCUT2D eigenvalue weighted by atomic mass is 14.3. The van der Waals surface area contributed by atoms with Gasteiger partial charge in [-0.2, -0.15) is 0 Å². The van der Waals surface area contributed by atoms with E-state index in [-0.39, 0.29) is 0 Å². The molecule has 21 heavy (non-hydrogen) atoms. The van der Waals surface area contributed by atoms with E-state index >= 15 is 0 Å². The SMILES string of the molecule is C1CCCCCC2CCCCCCCCCC2CCCC1. The molecule has 0 radical (unpaired) electrons. The standard InChI is InChI=1S/C21H40/c1-2-5-9-13-17-21-19-15-11-7-3-6-10-14-18-20(21)16-12-8-4-1/h20-21H,1-19H2. The molecule has 0 bridgehead atoms. The molecule has 2 aliphatic carbocycles. The Balaban J connectivity index is 1.88. The molecule has 0 saturated heterocycles. The summed E-state index contributed by atoms with van der Waals surface area (Å²) in [6, 6.07) is 0. The predicted molar refractivity (Wildman–Crippen MR) is 94.7 cm³/mol. The van der Waals surface area contributed by atoms with Gasteiger partial charge in [0.05, 0.1) is 0 Å². The topological polar surface area (TPSA) is 0 Å². The van der Waals surface area contributed by atoms with Crippen molar-refractivity contribution in [2.75, 3.05) is 0 Å². The largest absolute Gasteiger partial charge is 0.0533 e. The van der Waals surface area contributed by atoms with E-state index in [9.17, 15) is 0 Å². The van der Waals surface area contributed by atoms with Gasteiger partial charge >= 0.3 is 0 Å². The van der Waals surface area contributed by atoms with Crippen LogP contribution in [0.25, 0.3) is 0 Å². The molecule has 0 aliphatic heterocycles. The molecular formula is C21H40. The van der Waals surface area contributed by atoms with Crippen LogP contribution < -0.4 is 0 Å². The van der Waals surface area contributed by atoms with Gasteiger partial charge < -0.3 is 0 Å². The third-order valence-electron chi connectivity index (χ3n) is 6.22. The van der Waals surface area contributed by atoms with Crippen LogP contribution in [0.1, 0.15) is 122 Å². The van der Waals surface area contributed by atoms with Crippen molar-refractivity contribution in [3.63, 3.8) is 0 Å². The fourth-order valence-electron chi connectivity index (χ4n) is 4.80. The molecular weight excluding hydrogens is 252 g/mol. The third-order valence-corrected chi connectivity index (χ3v) is 6.22. The second-order valence-electron chi connectivity index (χ2n) is 7.98. The molecule has 0 heterocycles. The van der Waals surface area contributed by atoms with Crippen molar-refractivity contribution in [2.24, 2.45) is 11.8 Å². The van der Waals surface area contributed by atoms with Crippen LogP contribution in [0.15, 0.2) is 0 Å². The molecule has 0 aromatic carbocycles. The monoisotopic (exact) mass is 292 g/mol. The smallest absolute Gasteiger partial charge is 0.0386 e. The molecule has 0 amide bonds. The Kier molecular flexibility index (Phi) is 9.55. The van der Waals surface area contributed by atoms with Crippen molar-refractivity contribution in [3.8, 4) is 0 Å². The number of hydrogen-bond acceptors (Lipinski definition) is 0. The van der Waals surface area contributed by atoms with Crippen LogP contribution in [0, 0.1) is 11.8 Å². The summed E-state index contributed by atoms with van der Waals surface area (Å²) in [5.41, 5.74) is 0. The van der Waals surface area contributed by atoms with E-state index < -0.39 is 0 Å². The molecule has 0 aromatic rings.